The minimum atomic E-state index is -1.18. The Hall–Kier alpha value is -2.13. The number of aliphatic hydroxyl groups is 2. The average Bonchev–Trinajstić information content (AvgIpc) is 2.89. The number of urea groups is 1. The molecule has 1 saturated carbocycles. The third kappa shape index (κ3) is 2.66. The Labute approximate surface area is 151 Å². The van der Waals surface area contributed by atoms with E-state index in [1.165, 1.54) is 9.80 Å². The number of carbonyl (C=O) groups is 3. The zero-order chi connectivity index (χ0) is 19.2. The zero-order valence-corrected chi connectivity index (χ0v) is 14.9. The maximum Gasteiger partial charge on any atom is 0.352 e. The standard InChI is InChI=1S/C17H25N3O6/c1-8(22)11-13-9-4-3-5-10(19(2)17(26)18-6-7-21)12(9)14(16(24)25)20(13)15(11)23/h8-11,13,21-22H,3-7H2,1-2H3,(H,18,26)(H,24,25)/t8?,9-,10-,11+,13+/m0/s1. The molecule has 26 heavy (non-hydrogen) atoms. The molecule has 2 fully saturated rings. The predicted molar refractivity (Wildman–Crippen MR) is 89.8 cm³/mol. The van der Waals surface area contributed by atoms with Gasteiger partial charge >= 0.3 is 12.0 Å². The first-order valence-corrected chi connectivity index (χ1v) is 8.91. The van der Waals surface area contributed by atoms with Crippen molar-refractivity contribution in [2.75, 3.05) is 20.2 Å². The SMILES string of the molecule is CC(O)[C@H]1C(=O)N2C(C(=O)O)=C3[C@H](CCC[C@@H]3N(C)C(=O)NCCO)[C@H]12. The van der Waals surface area contributed by atoms with Gasteiger partial charge in [-0.15, -0.1) is 0 Å². The number of nitrogens with zero attached hydrogens (tertiary/aromatic N) is 2. The number of β-lactam (4-membered cyclic amide) rings is 1. The van der Waals surface area contributed by atoms with E-state index in [0.29, 0.717) is 12.0 Å². The fourth-order valence-electron chi connectivity index (χ4n) is 4.69. The van der Waals surface area contributed by atoms with E-state index < -0.39 is 30.1 Å². The van der Waals surface area contributed by atoms with Gasteiger partial charge in [0.05, 0.1) is 30.7 Å². The van der Waals surface area contributed by atoms with Crippen LogP contribution in [0.15, 0.2) is 11.3 Å². The van der Waals surface area contributed by atoms with Crippen molar-refractivity contribution in [3.8, 4) is 0 Å². The molecule has 0 radical (unpaired) electrons. The van der Waals surface area contributed by atoms with Gasteiger partial charge in [0, 0.05) is 19.5 Å². The van der Waals surface area contributed by atoms with Gasteiger partial charge in [0.25, 0.3) is 0 Å². The molecule has 9 nitrogen and oxygen atoms in total. The Morgan fingerprint density at radius 2 is 2.08 bits per heavy atom. The molecule has 0 aromatic carbocycles. The highest BCUT2D eigenvalue weighted by atomic mass is 16.4. The van der Waals surface area contributed by atoms with Crippen molar-refractivity contribution in [3.63, 3.8) is 0 Å². The lowest BCUT2D eigenvalue weighted by molar-refractivity contribution is -0.163. The van der Waals surface area contributed by atoms with Crippen LogP contribution >= 0.6 is 0 Å². The number of hydrogen-bond acceptors (Lipinski definition) is 5. The van der Waals surface area contributed by atoms with Gasteiger partial charge in [-0.1, -0.05) is 6.42 Å². The maximum atomic E-state index is 12.4. The number of carboxylic acids is 1. The molecule has 1 unspecified atom stereocenters. The number of likely N-dealkylation sites (N-methyl/N-ethyl adjacent to an activating group) is 1. The molecule has 1 saturated heterocycles. The lowest BCUT2D eigenvalue weighted by atomic mass is 9.71. The molecule has 2 aliphatic heterocycles. The molecule has 3 rings (SSSR count). The first-order chi connectivity index (χ1) is 12.3. The molecule has 3 aliphatic rings. The summed E-state index contributed by atoms with van der Waals surface area (Å²) in [4.78, 5) is 39.4. The van der Waals surface area contributed by atoms with E-state index in [9.17, 15) is 24.6 Å². The number of amides is 3. The third-order valence-electron chi connectivity index (χ3n) is 5.76. The number of aliphatic carboxylic acids is 1. The minimum Gasteiger partial charge on any atom is -0.477 e. The summed E-state index contributed by atoms with van der Waals surface area (Å²) in [6.45, 7) is 1.48. The molecule has 2 heterocycles. The highest BCUT2D eigenvalue weighted by Crippen LogP contribution is 2.52. The number of carbonyl (C=O) groups excluding carboxylic acids is 2. The molecule has 4 N–H and O–H groups in total. The zero-order valence-electron chi connectivity index (χ0n) is 14.9. The van der Waals surface area contributed by atoms with Crippen LogP contribution in [-0.4, -0.2) is 81.4 Å². The lowest BCUT2D eigenvalue weighted by Crippen LogP contribution is -2.64. The van der Waals surface area contributed by atoms with Crippen LogP contribution in [0.1, 0.15) is 26.2 Å². The quantitative estimate of drug-likeness (QED) is 0.478. The lowest BCUT2D eigenvalue weighted by Gasteiger charge is -2.48. The van der Waals surface area contributed by atoms with Crippen LogP contribution in [0.4, 0.5) is 4.79 Å². The maximum absolute atomic E-state index is 12.4. The molecular formula is C17H25N3O6. The van der Waals surface area contributed by atoms with Gasteiger partial charge in [-0.05, 0) is 25.3 Å². The average molecular weight is 367 g/mol. The first-order valence-electron chi connectivity index (χ1n) is 8.91. The van der Waals surface area contributed by atoms with Gasteiger partial charge < -0.3 is 30.4 Å². The van der Waals surface area contributed by atoms with E-state index in [2.05, 4.69) is 5.32 Å². The van der Waals surface area contributed by atoms with Crippen molar-refractivity contribution in [2.24, 2.45) is 11.8 Å². The van der Waals surface area contributed by atoms with Crippen molar-refractivity contribution in [2.45, 2.75) is 44.4 Å². The van der Waals surface area contributed by atoms with Crippen LogP contribution < -0.4 is 5.32 Å². The van der Waals surface area contributed by atoms with Gasteiger partial charge in [-0.3, -0.25) is 4.79 Å². The van der Waals surface area contributed by atoms with Crippen molar-refractivity contribution >= 4 is 17.9 Å². The van der Waals surface area contributed by atoms with Gasteiger partial charge in [-0.25, -0.2) is 9.59 Å². The van der Waals surface area contributed by atoms with Gasteiger partial charge in [0.1, 0.15) is 5.70 Å². The second kappa shape index (κ2) is 6.88. The van der Waals surface area contributed by atoms with Gasteiger partial charge in [0.2, 0.25) is 5.91 Å². The molecule has 9 heteroatoms. The van der Waals surface area contributed by atoms with E-state index in [4.69, 9.17) is 5.11 Å². The van der Waals surface area contributed by atoms with Crippen LogP contribution in [0.5, 0.6) is 0 Å². The number of hydrogen-bond donors (Lipinski definition) is 4. The molecule has 3 amide bonds. The van der Waals surface area contributed by atoms with Gasteiger partial charge in [0.15, 0.2) is 0 Å². The second-order valence-corrected chi connectivity index (χ2v) is 7.19. The predicted octanol–water partition coefficient (Wildman–Crippen LogP) is -0.651. The molecule has 0 spiro atoms. The topological polar surface area (TPSA) is 130 Å². The summed E-state index contributed by atoms with van der Waals surface area (Å²) >= 11 is 0. The smallest absolute Gasteiger partial charge is 0.352 e. The molecular weight excluding hydrogens is 342 g/mol. The van der Waals surface area contributed by atoms with Crippen LogP contribution in [-0.2, 0) is 9.59 Å². The summed E-state index contributed by atoms with van der Waals surface area (Å²) in [5.74, 6) is -2.30. The highest BCUT2D eigenvalue weighted by molar-refractivity contribution is 6.00. The Morgan fingerprint density at radius 1 is 1.38 bits per heavy atom. The van der Waals surface area contributed by atoms with Crippen molar-refractivity contribution in [3.05, 3.63) is 11.3 Å². The fraction of sp³-hybridized carbons (Fsp3) is 0.706. The van der Waals surface area contributed by atoms with E-state index in [0.717, 1.165) is 12.8 Å². The first kappa shape index (κ1) is 18.7. The summed E-state index contributed by atoms with van der Waals surface area (Å²) < 4.78 is 0. The molecule has 1 aliphatic carbocycles. The van der Waals surface area contributed by atoms with Crippen LogP contribution in [0.25, 0.3) is 0 Å². The van der Waals surface area contributed by atoms with Crippen molar-refractivity contribution in [1.82, 2.24) is 15.1 Å². The highest BCUT2D eigenvalue weighted by Gasteiger charge is 2.62. The number of fused-ring (bicyclic) bond motifs is 3. The van der Waals surface area contributed by atoms with Crippen molar-refractivity contribution in [1.29, 1.82) is 0 Å². The summed E-state index contributed by atoms with van der Waals surface area (Å²) in [6, 6.07) is -1.17. The molecule has 0 bridgehead atoms. The summed E-state index contributed by atoms with van der Waals surface area (Å²) in [5.41, 5.74) is 0.570. The van der Waals surface area contributed by atoms with Crippen LogP contribution in [0.2, 0.25) is 0 Å². The molecule has 5 atom stereocenters. The number of aliphatic hydroxyl groups excluding tert-OH is 2. The minimum absolute atomic E-state index is 0.0339. The van der Waals surface area contributed by atoms with E-state index in [1.54, 1.807) is 14.0 Å². The molecule has 144 valence electrons. The summed E-state index contributed by atoms with van der Waals surface area (Å²) in [5, 5.41) is 31.1. The number of rotatable bonds is 5. The van der Waals surface area contributed by atoms with E-state index in [-0.39, 0.29) is 36.7 Å². The normalized spacial score (nSPS) is 31.1. The van der Waals surface area contributed by atoms with Crippen LogP contribution in [0.3, 0.4) is 0 Å². The fourth-order valence-corrected chi connectivity index (χ4v) is 4.69. The van der Waals surface area contributed by atoms with Crippen molar-refractivity contribution < 1.29 is 29.7 Å². The van der Waals surface area contributed by atoms with Crippen LogP contribution in [0, 0.1) is 11.8 Å². The Balaban J connectivity index is 1.95. The molecule has 0 aromatic heterocycles. The number of carboxylic acid groups (broad SMARTS) is 1. The Bertz CT molecular complexity index is 661. The van der Waals surface area contributed by atoms with E-state index >= 15 is 0 Å². The number of nitrogens with one attached hydrogen (secondary N) is 1. The largest absolute Gasteiger partial charge is 0.477 e. The molecule has 0 aromatic rings. The Morgan fingerprint density at radius 3 is 2.65 bits per heavy atom. The Kier molecular flexibility index (Phi) is 4.94. The summed E-state index contributed by atoms with van der Waals surface area (Å²) in [7, 11) is 1.59. The second-order valence-electron chi connectivity index (χ2n) is 7.19. The van der Waals surface area contributed by atoms with Gasteiger partial charge in [-0.2, -0.15) is 0 Å². The monoisotopic (exact) mass is 367 g/mol. The third-order valence-corrected chi connectivity index (χ3v) is 5.76. The summed E-state index contributed by atoms with van der Waals surface area (Å²) in [6.07, 6.45) is 1.30. The van der Waals surface area contributed by atoms with E-state index in [1.807, 2.05) is 0 Å².